The van der Waals surface area contributed by atoms with Gasteiger partial charge in [0.05, 0.1) is 6.04 Å². The lowest BCUT2D eigenvalue weighted by Crippen LogP contribution is -2.64. The Bertz CT molecular complexity index is 1250. The molecule has 7 rings (SSSR count). The van der Waals surface area contributed by atoms with Gasteiger partial charge in [-0.1, -0.05) is 45.3 Å². The monoisotopic (exact) mass is 649 g/mol. The average molecular weight is 650 g/mol. The largest absolute Gasteiger partial charge is 0.346 e. The summed E-state index contributed by atoms with van der Waals surface area (Å²) < 4.78 is 0. The predicted octanol–water partition coefficient (Wildman–Crippen LogP) is 4.01. The van der Waals surface area contributed by atoms with Gasteiger partial charge in [0.15, 0.2) is 0 Å². The van der Waals surface area contributed by atoms with E-state index in [4.69, 9.17) is 0 Å². The highest BCUT2D eigenvalue weighted by atomic mass is 16.2. The number of allylic oxidation sites excluding steroid dienone is 1. The SMILES string of the molecule is C=CCCC(NC(=O)[C@@H]1[C@@H]2C(CN1C(=O)[C@@H](NC(=O)NC13CC4CC(CC(C4)C1)C3)C1CCCCC1)C2(C)C)C(=O)C(=O)NCC=C. The van der Waals surface area contributed by atoms with E-state index in [0.717, 1.165) is 51.4 Å². The van der Waals surface area contributed by atoms with E-state index in [2.05, 4.69) is 48.3 Å². The topological polar surface area (TPSA) is 137 Å². The molecule has 258 valence electrons. The second-order valence-corrected chi connectivity index (χ2v) is 16.4. The van der Waals surface area contributed by atoms with Gasteiger partial charge in [0.1, 0.15) is 12.1 Å². The number of hydrogen-bond donors (Lipinski definition) is 4. The van der Waals surface area contributed by atoms with Crippen molar-refractivity contribution in [1.29, 1.82) is 0 Å². The lowest BCUT2D eigenvalue weighted by molar-refractivity contribution is -0.144. The first-order chi connectivity index (χ1) is 22.5. The van der Waals surface area contributed by atoms with Crippen LogP contribution in [0.15, 0.2) is 25.3 Å². The van der Waals surface area contributed by atoms with Crippen LogP contribution in [0.5, 0.6) is 0 Å². The maximum atomic E-state index is 14.6. The molecule has 0 aromatic carbocycles. The highest BCUT2D eigenvalue weighted by Crippen LogP contribution is 2.65. The summed E-state index contributed by atoms with van der Waals surface area (Å²) in [6.07, 6.45) is 15.6. The van der Waals surface area contributed by atoms with E-state index in [0.29, 0.717) is 30.7 Å². The molecule has 47 heavy (non-hydrogen) atoms. The normalized spacial score (nSPS) is 34.4. The molecule has 0 radical (unpaired) electrons. The third-order valence-corrected chi connectivity index (χ3v) is 12.8. The molecule has 10 heteroatoms. The van der Waals surface area contributed by atoms with Crippen LogP contribution < -0.4 is 21.3 Å². The molecule has 1 aliphatic heterocycles. The molecule has 6 aliphatic carbocycles. The number of fused-ring (bicyclic) bond motifs is 1. The Kier molecular flexibility index (Phi) is 9.60. The molecule has 0 aromatic heterocycles. The van der Waals surface area contributed by atoms with Crippen LogP contribution in [-0.2, 0) is 19.2 Å². The Labute approximate surface area is 279 Å². The average Bonchev–Trinajstić information content (AvgIpc) is 3.34. The van der Waals surface area contributed by atoms with Crippen LogP contribution in [0.1, 0.15) is 97.3 Å². The van der Waals surface area contributed by atoms with Crippen LogP contribution in [0.25, 0.3) is 0 Å². The smallest absolute Gasteiger partial charge is 0.315 e. The summed E-state index contributed by atoms with van der Waals surface area (Å²) in [6, 6.07) is -2.80. The number of carbonyl (C=O) groups excluding carboxylic acids is 5. The van der Waals surface area contributed by atoms with Gasteiger partial charge in [0.2, 0.25) is 17.6 Å². The molecule has 2 unspecified atom stereocenters. The number of piperidine rings is 1. The Morgan fingerprint density at radius 3 is 2.13 bits per heavy atom. The Morgan fingerprint density at radius 2 is 1.53 bits per heavy atom. The van der Waals surface area contributed by atoms with E-state index >= 15 is 0 Å². The van der Waals surface area contributed by atoms with Crippen molar-refractivity contribution in [2.24, 2.45) is 40.9 Å². The highest BCUT2D eigenvalue weighted by Gasteiger charge is 2.70. The molecule has 10 nitrogen and oxygen atoms in total. The van der Waals surface area contributed by atoms with Gasteiger partial charge in [-0.3, -0.25) is 19.2 Å². The lowest BCUT2D eigenvalue weighted by atomic mass is 9.53. The minimum absolute atomic E-state index is 0.00230. The van der Waals surface area contributed by atoms with E-state index in [1.807, 2.05) is 0 Å². The highest BCUT2D eigenvalue weighted by molar-refractivity contribution is 6.38. The zero-order chi connectivity index (χ0) is 33.5. The molecule has 7 fully saturated rings. The maximum absolute atomic E-state index is 14.6. The lowest BCUT2D eigenvalue weighted by Gasteiger charge is -2.56. The van der Waals surface area contributed by atoms with E-state index in [1.54, 1.807) is 11.0 Å². The van der Waals surface area contributed by atoms with Crippen molar-refractivity contribution >= 4 is 29.5 Å². The van der Waals surface area contributed by atoms with E-state index in [1.165, 1.54) is 25.3 Å². The third-order valence-electron chi connectivity index (χ3n) is 12.8. The van der Waals surface area contributed by atoms with Gasteiger partial charge in [-0.05, 0) is 105 Å². The molecule has 5 amide bonds. The van der Waals surface area contributed by atoms with Crippen LogP contribution in [0, 0.1) is 40.9 Å². The zero-order valence-corrected chi connectivity index (χ0v) is 28.4. The van der Waals surface area contributed by atoms with Crippen LogP contribution in [0.2, 0.25) is 0 Å². The summed E-state index contributed by atoms with van der Waals surface area (Å²) in [5, 5.41) is 11.9. The van der Waals surface area contributed by atoms with Gasteiger partial charge in [0, 0.05) is 18.6 Å². The van der Waals surface area contributed by atoms with Crippen LogP contribution in [0.3, 0.4) is 0 Å². The Balaban J connectivity index is 1.19. The Morgan fingerprint density at radius 1 is 0.894 bits per heavy atom. The van der Waals surface area contributed by atoms with Crippen molar-refractivity contribution in [1.82, 2.24) is 26.2 Å². The van der Waals surface area contributed by atoms with Gasteiger partial charge >= 0.3 is 6.03 Å². The van der Waals surface area contributed by atoms with E-state index in [-0.39, 0.29) is 53.6 Å². The molecule has 7 aliphatic rings. The number of amides is 5. The maximum Gasteiger partial charge on any atom is 0.315 e. The number of urea groups is 1. The van der Waals surface area contributed by atoms with Gasteiger partial charge < -0.3 is 26.2 Å². The molecule has 1 heterocycles. The van der Waals surface area contributed by atoms with Gasteiger partial charge in [-0.15, -0.1) is 13.2 Å². The van der Waals surface area contributed by atoms with Crippen molar-refractivity contribution in [3.8, 4) is 0 Å². The van der Waals surface area contributed by atoms with Crippen molar-refractivity contribution in [2.75, 3.05) is 13.1 Å². The number of hydrogen-bond acceptors (Lipinski definition) is 5. The number of ketones is 1. The predicted molar refractivity (Wildman–Crippen MR) is 179 cm³/mol. The first kappa shape index (κ1) is 33.7. The molecular formula is C37H55N5O5. The van der Waals surface area contributed by atoms with Gasteiger partial charge in [0.25, 0.3) is 5.91 Å². The molecule has 0 aromatic rings. The second-order valence-electron chi connectivity index (χ2n) is 16.4. The standard InChI is InChI=1S/C37H55N5O5/c1-5-7-13-27(31(43)33(45)38-14-6-2)39-32(44)30-28-26(36(28,3)4)21-42(30)34(46)29(25-11-9-8-10-12-25)40-35(47)41-37-18-22-15-23(19-37)17-24(16-22)20-37/h5-6,22-30H,1-2,7-21H2,3-4H3,(H,38,45)(H,39,44)(H2,40,41,47)/t22?,23?,24?,26?,27?,28-,29-,30-,37?/m0/s1. The first-order valence-electron chi connectivity index (χ1n) is 18.2. The van der Waals surface area contributed by atoms with Crippen LogP contribution in [0.4, 0.5) is 4.79 Å². The fourth-order valence-corrected chi connectivity index (χ4v) is 10.7. The summed E-state index contributed by atoms with van der Waals surface area (Å²) >= 11 is 0. The van der Waals surface area contributed by atoms with E-state index in [9.17, 15) is 24.0 Å². The van der Waals surface area contributed by atoms with Crippen LogP contribution >= 0.6 is 0 Å². The molecule has 0 spiro atoms. The number of likely N-dealkylation sites (tertiary alicyclic amines) is 1. The number of carbonyl (C=O) groups is 5. The second kappa shape index (κ2) is 13.4. The van der Waals surface area contributed by atoms with E-state index < -0.39 is 35.7 Å². The van der Waals surface area contributed by atoms with Crippen LogP contribution in [-0.4, -0.2) is 71.2 Å². The number of Topliss-reactive ketones (excluding diaryl/α,β-unsaturated/α-hetero) is 1. The summed E-state index contributed by atoms with van der Waals surface area (Å²) in [5.74, 6) is 0.000952. The molecule has 4 bridgehead atoms. The van der Waals surface area contributed by atoms with Crippen molar-refractivity contribution < 1.29 is 24.0 Å². The number of rotatable bonds is 13. The minimum atomic E-state index is -1.04. The zero-order valence-electron chi connectivity index (χ0n) is 28.4. The Hall–Kier alpha value is -3.17. The fraction of sp³-hybridized carbons (Fsp3) is 0.757. The first-order valence-corrected chi connectivity index (χ1v) is 18.2. The summed E-state index contributed by atoms with van der Waals surface area (Å²) in [4.78, 5) is 69.8. The molecule has 5 atom stereocenters. The van der Waals surface area contributed by atoms with Crippen molar-refractivity contribution in [3.63, 3.8) is 0 Å². The minimum Gasteiger partial charge on any atom is -0.346 e. The third kappa shape index (κ3) is 6.75. The van der Waals surface area contributed by atoms with Gasteiger partial charge in [-0.2, -0.15) is 0 Å². The van der Waals surface area contributed by atoms with Crippen molar-refractivity contribution in [3.05, 3.63) is 25.3 Å². The molecule has 1 saturated heterocycles. The summed E-state index contributed by atoms with van der Waals surface area (Å²) in [7, 11) is 0. The summed E-state index contributed by atoms with van der Waals surface area (Å²) in [6.45, 7) is 12.1. The molecule has 6 saturated carbocycles. The van der Waals surface area contributed by atoms with Gasteiger partial charge in [-0.25, -0.2) is 4.79 Å². The number of nitrogens with zero attached hydrogens (tertiary/aromatic N) is 1. The fourth-order valence-electron chi connectivity index (χ4n) is 10.7. The molecular weight excluding hydrogens is 594 g/mol. The summed E-state index contributed by atoms with van der Waals surface area (Å²) in [5.41, 5.74) is -0.309. The molecule has 4 N–H and O–H groups in total. The quantitative estimate of drug-likeness (QED) is 0.177. The van der Waals surface area contributed by atoms with Crippen molar-refractivity contribution in [2.45, 2.75) is 121 Å². The number of nitrogens with one attached hydrogen (secondary N) is 4.